The summed E-state index contributed by atoms with van der Waals surface area (Å²) in [6.45, 7) is 25.8. The van der Waals surface area contributed by atoms with Gasteiger partial charge in [-0.25, -0.2) is 0 Å². The molecule has 0 unspecified atom stereocenters. The average molecular weight is 355 g/mol. The van der Waals surface area contributed by atoms with E-state index in [2.05, 4.69) is 21.4 Å². The van der Waals surface area contributed by atoms with E-state index in [9.17, 15) is 0 Å². The number of allylic oxidation sites excluding steroid dienone is 2. The van der Waals surface area contributed by atoms with Crippen molar-refractivity contribution in [2.75, 3.05) is 39.3 Å². The molecule has 0 aromatic heterocycles. The third-order valence-electron chi connectivity index (χ3n) is 3.14. The van der Waals surface area contributed by atoms with Crippen molar-refractivity contribution in [3.63, 3.8) is 0 Å². The van der Waals surface area contributed by atoms with Crippen molar-refractivity contribution in [2.45, 2.75) is 61.0 Å². The average Bonchev–Trinajstić information content (AvgIpc) is 2.57. The molecule has 0 spiro atoms. The van der Waals surface area contributed by atoms with Crippen LogP contribution < -0.4 is 5.73 Å². The van der Waals surface area contributed by atoms with Gasteiger partial charge in [0.1, 0.15) is 5.60 Å². The minimum Gasteiger partial charge on any atom is -0.474 e. The van der Waals surface area contributed by atoms with Crippen LogP contribution in [0.3, 0.4) is 0 Å². The van der Waals surface area contributed by atoms with Crippen molar-refractivity contribution in [1.29, 1.82) is 0 Å². The molecular formula is C20H42N4O. The van der Waals surface area contributed by atoms with Gasteiger partial charge in [0.2, 0.25) is 0 Å². The van der Waals surface area contributed by atoms with E-state index in [1.165, 1.54) is 0 Å². The lowest BCUT2D eigenvalue weighted by atomic mass is 10.2. The van der Waals surface area contributed by atoms with Gasteiger partial charge in [-0.15, -0.1) is 0 Å². The zero-order chi connectivity index (χ0) is 19.9. The van der Waals surface area contributed by atoms with E-state index >= 15 is 0 Å². The van der Waals surface area contributed by atoms with Gasteiger partial charge in [-0.3, -0.25) is 9.89 Å². The van der Waals surface area contributed by atoms with Gasteiger partial charge >= 0.3 is 0 Å². The fourth-order valence-corrected chi connectivity index (χ4v) is 2.08. The summed E-state index contributed by atoms with van der Waals surface area (Å²) in [5, 5.41) is 0. The molecule has 1 aliphatic heterocycles. The van der Waals surface area contributed by atoms with E-state index < -0.39 is 0 Å². The number of aliphatic imine (C=N–C) groups is 1. The van der Waals surface area contributed by atoms with Crippen molar-refractivity contribution in [3.05, 3.63) is 24.2 Å². The fourth-order valence-electron chi connectivity index (χ4n) is 2.08. The Morgan fingerprint density at radius 1 is 1.12 bits per heavy atom. The lowest BCUT2D eigenvalue weighted by Crippen LogP contribution is -2.47. The van der Waals surface area contributed by atoms with Crippen LogP contribution in [0, 0.1) is 0 Å². The molecule has 1 rings (SSSR count). The van der Waals surface area contributed by atoms with E-state index in [4.69, 9.17) is 10.5 Å². The number of hydrogen-bond acceptors (Lipinski definition) is 5. The maximum atomic E-state index is 5.82. The van der Waals surface area contributed by atoms with E-state index in [1.807, 2.05) is 61.5 Å². The molecule has 0 aliphatic carbocycles. The lowest BCUT2D eigenvalue weighted by Gasteiger charge is -2.38. The van der Waals surface area contributed by atoms with Gasteiger partial charge < -0.3 is 15.4 Å². The third kappa shape index (κ3) is 14.6. The molecule has 0 amide bonds. The molecule has 0 radical (unpaired) electrons. The smallest absolute Gasteiger partial charge is 0.182 e. The van der Waals surface area contributed by atoms with Crippen LogP contribution in [0.25, 0.3) is 0 Å². The van der Waals surface area contributed by atoms with E-state index in [0.717, 1.165) is 50.8 Å². The van der Waals surface area contributed by atoms with Gasteiger partial charge in [0, 0.05) is 44.6 Å². The first kappa shape index (κ1) is 25.7. The Morgan fingerprint density at radius 3 is 2.08 bits per heavy atom. The molecule has 0 atom stereocenters. The standard InChI is InChI=1S/C16H30N4O.2C2H6/c1-14(17)6-7-18-8-9-19-10-12-20(13-11-19)15(2)21-16(3,4)5;2*1-2/h6-7H,2,8-13,17H2,1,3-5H3;2*1-2H3/b14-6-,18-7?;;. The Labute approximate surface area is 156 Å². The molecule has 1 saturated heterocycles. The first-order valence-corrected chi connectivity index (χ1v) is 9.55. The minimum absolute atomic E-state index is 0.183. The van der Waals surface area contributed by atoms with Gasteiger partial charge in [0.05, 0.1) is 6.54 Å². The van der Waals surface area contributed by atoms with E-state index in [1.54, 1.807) is 6.21 Å². The van der Waals surface area contributed by atoms with Crippen LogP contribution in [-0.4, -0.2) is 60.9 Å². The second kappa shape index (κ2) is 14.8. The molecule has 5 nitrogen and oxygen atoms in total. The number of piperazine rings is 1. The summed E-state index contributed by atoms with van der Waals surface area (Å²) < 4.78 is 5.82. The zero-order valence-electron chi connectivity index (χ0n) is 17.9. The molecule has 148 valence electrons. The zero-order valence-corrected chi connectivity index (χ0v) is 17.9. The summed E-state index contributed by atoms with van der Waals surface area (Å²) in [5.74, 6) is 0.781. The molecule has 0 aromatic rings. The second-order valence-electron chi connectivity index (χ2n) is 6.40. The Hall–Kier alpha value is -1.49. The van der Waals surface area contributed by atoms with E-state index in [-0.39, 0.29) is 5.60 Å². The van der Waals surface area contributed by atoms with Crippen LogP contribution in [0.4, 0.5) is 0 Å². The molecular weight excluding hydrogens is 312 g/mol. The SMILES string of the molecule is C=C(OC(C)(C)C)N1CCN(CCN=C/C=C(/C)N)CC1.CC.CC. The number of nitrogens with zero attached hydrogens (tertiary/aromatic N) is 3. The summed E-state index contributed by atoms with van der Waals surface area (Å²) in [7, 11) is 0. The molecule has 0 saturated carbocycles. The first-order chi connectivity index (χ1) is 11.8. The summed E-state index contributed by atoms with van der Waals surface area (Å²) in [6, 6.07) is 0. The van der Waals surface area contributed by atoms with Crippen molar-refractivity contribution < 1.29 is 4.74 Å². The molecule has 2 N–H and O–H groups in total. The van der Waals surface area contributed by atoms with Crippen LogP contribution in [0.2, 0.25) is 0 Å². The Kier molecular flexibility index (Phi) is 15.3. The van der Waals surface area contributed by atoms with Gasteiger partial charge in [-0.05, 0) is 40.3 Å². The van der Waals surface area contributed by atoms with Crippen molar-refractivity contribution in [1.82, 2.24) is 9.80 Å². The highest BCUT2D eigenvalue weighted by Gasteiger charge is 2.21. The maximum absolute atomic E-state index is 5.82. The molecule has 1 heterocycles. The number of nitrogens with two attached hydrogens (primary N) is 1. The Bertz CT molecular complexity index is 385. The number of ether oxygens (including phenoxy) is 1. The molecule has 25 heavy (non-hydrogen) atoms. The number of hydrogen-bond donors (Lipinski definition) is 1. The lowest BCUT2D eigenvalue weighted by molar-refractivity contribution is -0.00935. The first-order valence-electron chi connectivity index (χ1n) is 9.55. The predicted molar refractivity (Wildman–Crippen MR) is 112 cm³/mol. The van der Waals surface area contributed by atoms with Crippen LogP contribution in [-0.2, 0) is 4.74 Å². The normalized spacial score (nSPS) is 15.8. The summed E-state index contributed by atoms with van der Waals surface area (Å²) in [6.07, 6.45) is 3.61. The maximum Gasteiger partial charge on any atom is 0.182 e. The summed E-state index contributed by atoms with van der Waals surface area (Å²) in [4.78, 5) is 8.96. The third-order valence-corrected chi connectivity index (χ3v) is 3.14. The van der Waals surface area contributed by atoms with Crippen LogP contribution in [0.15, 0.2) is 29.2 Å². The monoisotopic (exact) mass is 354 g/mol. The highest BCUT2D eigenvalue weighted by Crippen LogP contribution is 2.16. The Balaban J connectivity index is 0. The van der Waals surface area contributed by atoms with Crippen LogP contribution in [0.1, 0.15) is 55.4 Å². The number of rotatable bonds is 6. The molecule has 1 aliphatic rings. The highest BCUT2D eigenvalue weighted by molar-refractivity contribution is 5.71. The fraction of sp³-hybridized carbons (Fsp3) is 0.750. The summed E-state index contributed by atoms with van der Waals surface area (Å²) >= 11 is 0. The second-order valence-corrected chi connectivity index (χ2v) is 6.40. The summed E-state index contributed by atoms with van der Waals surface area (Å²) in [5.41, 5.74) is 6.14. The highest BCUT2D eigenvalue weighted by atomic mass is 16.5. The Morgan fingerprint density at radius 2 is 1.64 bits per heavy atom. The van der Waals surface area contributed by atoms with Crippen molar-refractivity contribution in [2.24, 2.45) is 10.7 Å². The van der Waals surface area contributed by atoms with Crippen LogP contribution >= 0.6 is 0 Å². The minimum atomic E-state index is -0.183. The quantitative estimate of drug-likeness (QED) is 0.581. The molecule has 5 heteroatoms. The van der Waals surface area contributed by atoms with Gasteiger partial charge in [-0.1, -0.05) is 27.7 Å². The molecule has 0 aromatic carbocycles. The van der Waals surface area contributed by atoms with Crippen LogP contribution in [0.5, 0.6) is 0 Å². The van der Waals surface area contributed by atoms with Crippen molar-refractivity contribution >= 4 is 6.21 Å². The van der Waals surface area contributed by atoms with Gasteiger partial charge in [0.25, 0.3) is 0 Å². The molecule has 0 bridgehead atoms. The van der Waals surface area contributed by atoms with Gasteiger partial charge in [-0.2, -0.15) is 0 Å². The molecule has 1 fully saturated rings. The topological polar surface area (TPSA) is 54.1 Å². The predicted octanol–water partition coefficient (Wildman–Crippen LogP) is 3.88. The van der Waals surface area contributed by atoms with E-state index in [0.29, 0.717) is 0 Å². The largest absolute Gasteiger partial charge is 0.474 e. The van der Waals surface area contributed by atoms with Crippen molar-refractivity contribution in [3.8, 4) is 0 Å². The van der Waals surface area contributed by atoms with Gasteiger partial charge in [0.15, 0.2) is 5.88 Å².